The number of non-ortho nitro benzene ring substituents is 1. The summed E-state index contributed by atoms with van der Waals surface area (Å²) in [7, 11) is 0. The summed E-state index contributed by atoms with van der Waals surface area (Å²) < 4.78 is 37.4. The lowest BCUT2D eigenvalue weighted by Gasteiger charge is -2.06. The number of benzene rings is 1. The van der Waals surface area contributed by atoms with Crippen LogP contribution in [0.4, 0.5) is 18.9 Å². The Bertz CT molecular complexity index is 541. The Hall–Kier alpha value is -2.36. The van der Waals surface area contributed by atoms with Crippen molar-refractivity contribution in [2.45, 2.75) is 12.6 Å². The Morgan fingerprint density at radius 2 is 2.00 bits per heavy atom. The SMILES string of the molecule is O=CCC#Cc1cc([N+](=O)[O-])cc(C(F)(F)F)c1. The Labute approximate surface area is 99.6 Å². The van der Waals surface area contributed by atoms with Gasteiger partial charge in [0.15, 0.2) is 0 Å². The minimum absolute atomic E-state index is 0.149. The van der Waals surface area contributed by atoms with Gasteiger partial charge in [-0.25, -0.2) is 0 Å². The molecular formula is C11H6F3NO3. The van der Waals surface area contributed by atoms with Gasteiger partial charge in [-0.1, -0.05) is 11.8 Å². The van der Waals surface area contributed by atoms with Gasteiger partial charge in [0.1, 0.15) is 6.29 Å². The number of nitro benzene ring substituents is 1. The smallest absolute Gasteiger partial charge is 0.302 e. The Morgan fingerprint density at radius 1 is 1.33 bits per heavy atom. The number of nitro groups is 1. The number of alkyl halides is 3. The number of hydrogen-bond acceptors (Lipinski definition) is 3. The monoisotopic (exact) mass is 257 g/mol. The van der Waals surface area contributed by atoms with Crippen molar-refractivity contribution >= 4 is 12.0 Å². The standard InChI is InChI=1S/C11H6F3NO3/c12-11(13,14)9-5-8(3-1-2-4-16)6-10(7-9)15(17)18/h4-7H,2H2. The second kappa shape index (κ2) is 5.31. The van der Waals surface area contributed by atoms with E-state index in [-0.39, 0.29) is 12.0 Å². The van der Waals surface area contributed by atoms with Crippen LogP contribution >= 0.6 is 0 Å². The van der Waals surface area contributed by atoms with Gasteiger partial charge in [-0.05, 0) is 6.07 Å². The fraction of sp³-hybridized carbons (Fsp3) is 0.182. The van der Waals surface area contributed by atoms with E-state index in [9.17, 15) is 28.1 Å². The summed E-state index contributed by atoms with van der Waals surface area (Å²) in [6, 6.07) is 2.06. The molecule has 0 atom stereocenters. The second-order valence-corrected chi connectivity index (χ2v) is 3.20. The number of rotatable bonds is 2. The first kappa shape index (κ1) is 13.7. The van der Waals surface area contributed by atoms with E-state index in [1.54, 1.807) is 0 Å². The lowest BCUT2D eigenvalue weighted by atomic mass is 10.1. The number of nitrogens with zero attached hydrogens (tertiary/aromatic N) is 1. The van der Waals surface area contributed by atoms with Crippen LogP contribution in [0.1, 0.15) is 17.5 Å². The lowest BCUT2D eigenvalue weighted by Crippen LogP contribution is -2.06. The highest BCUT2D eigenvalue weighted by Crippen LogP contribution is 2.32. The minimum Gasteiger partial charge on any atom is -0.302 e. The number of carbonyl (C=O) groups excluding carboxylic acids is 1. The molecule has 0 spiro atoms. The van der Waals surface area contributed by atoms with Gasteiger partial charge >= 0.3 is 6.18 Å². The number of hydrogen-bond donors (Lipinski definition) is 0. The zero-order valence-corrected chi connectivity index (χ0v) is 8.82. The minimum atomic E-state index is -4.69. The first-order valence-corrected chi connectivity index (χ1v) is 4.64. The van der Waals surface area contributed by atoms with E-state index in [2.05, 4.69) is 11.8 Å². The van der Waals surface area contributed by atoms with Crippen molar-refractivity contribution < 1.29 is 22.9 Å². The number of halogens is 3. The molecule has 0 saturated heterocycles. The molecule has 0 heterocycles. The van der Waals surface area contributed by atoms with Crippen molar-refractivity contribution in [2.24, 2.45) is 0 Å². The molecule has 0 fully saturated rings. The number of carbonyl (C=O) groups is 1. The van der Waals surface area contributed by atoms with Crippen LogP contribution in [0, 0.1) is 22.0 Å². The van der Waals surface area contributed by atoms with Crippen LogP contribution in [0.3, 0.4) is 0 Å². The quantitative estimate of drug-likeness (QED) is 0.354. The van der Waals surface area contributed by atoms with Crippen molar-refractivity contribution in [1.82, 2.24) is 0 Å². The number of aldehydes is 1. The molecule has 0 bridgehead atoms. The van der Waals surface area contributed by atoms with E-state index in [0.29, 0.717) is 18.4 Å². The molecule has 4 nitrogen and oxygen atoms in total. The van der Waals surface area contributed by atoms with Crippen molar-refractivity contribution in [3.63, 3.8) is 0 Å². The highest BCUT2D eigenvalue weighted by Gasteiger charge is 2.32. The van der Waals surface area contributed by atoms with E-state index in [1.165, 1.54) is 0 Å². The van der Waals surface area contributed by atoms with Crippen LogP contribution in [0.5, 0.6) is 0 Å². The van der Waals surface area contributed by atoms with E-state index in [1.807, 2.05) is 0 Å². The fourth-order valence-corrected chi connectivity index (χ4v) is 1.15. The van der Waals surface area contributed by atoms with E-state index < -0.39 is 22.4 Å². The molecule has 1 aromatic rings. The van der Waals surface area contributed by atoms with E-state index in [0.717, 1.165) is 6.07 Å². The van der Waals surface area contributed by atoms with Gasteiger partial charge in [-0.3, -0.25) is 10.1 Å². The molecule has 0 N–H and O–H groups in total. The van der Waals surface area contributed by atoms with Gasteiger partial charge in [-0.2, -0.15) is 13.2 Å². The van der Waals surface area contributed by atoms with Gasteiger partial charge in [0.2, 0.25) is 0 Å². The molecule has 0 aliphatic rings. The molecule has 1 rings (SSSR count). The summed E-state index contributed by atoms with van der Waals surface area (Å²) in [6.45, 7) is 0. The lowest BCUT2D eigenvalue weighted by molar-refractivity contribution is -0.385. The normalized spacial score (nSPS) is 10.4. The van der Waals surface area contributed by atoms with Gasteiger partial charge in [0.25, 0.3) is 5.69 Å². The summed E-state index contributed by atoms with van der Waals surface area (Å²) in [5.74, 6) is 4.56. The third-order valence-corrected chi connectivity index (χ3v) is 1.87. The highest BCUT2D eigenvalue weighted by molar-refractivity contribution is 5.55. The molecule has 18 heavy (non-hydrogen) atoms. The van der Waals surface area contributed by atoms with Crippen molar-refractivity contribution in [2.75, 3.05) is 0 Å². The second-order valence-electron chi connectivity index (χ2n) is 3.20. The summed E-state index contributed by atoms with van der Waals surface area (Å²) in [5.41, 5.74) is -1.99. The predicted molar refractivity (Wildman–Crippen MR) is 55.7 cm³/mol. The molecule has 94 valence electrons. The average Bonchev–Trinajstić information content (AvgIpc) is 2.28. The molecule has 0 amide bonds. The van der Waals surface area contributed by atoms with E-state index >= 15 is 0 Å². The summed E-state index contributed by atoms with van der Waals surface area (Å²) in [4.78, 5) is 19.6. The topological polar surface area (TPSA) is 60.2 Å². The summed E-state index contributed by atoms with van der Waals surface area (Å²) >= 11 is 0. The molecule has 0 unspecified atom stereocenters. The zero-order chi connectivity index (χ0) is 13.8. The van der Waals surface area contributed by atoms with Crippen molar-refractivity contribution in [1.29, 1.82) is 0 Å². The maximum absolute atomic E-state index is 12.5. The average molecular weight is 257 g/mol. The van der Waals surface area contributed by atoms with Crippen LogP contribution in [0.25, 0.3) is 0 Å². The summed E-state index contributed by atoms with van der Waals surface area (Å²) in [5, 5.41) is 10.5. The van der Waals surface area contributed by atoms with Crippen molar-refractivity contribution in [3.05, 3.63) is 39.4 Å². The molecule has 0 aromatic heterocycles. The maximum Gasteiger partial charge on any atom is 0.416 e. The molecular weight excluding hydrogens is 251 g/mol. The fourth-order valence-electron chi connectivity index (χ4n) is 1.15. The van der Waals surface area contributed by atoms with Crippen molar-refractivity contribution in [3.8, 4) is 11.8 Å². The first-order valence-electron chi connectivity index (χ1n) is 4.64. The zero-order valence-electron chi connectivity index (χ0n) is 8.82. The third kappa shape index (κ3) is 3.59. The van der Waals surface area contributed by atoms with Gasteiger partial charge in [0.05, 0.1) is 16.9 Å². The Kier molecular flexibility index (Phi) is 4.05. The maximum atomic E-state index is 12.5. The van der Waals surface area contributed by atoms with Crippen LogP contribution < -0.4 is 0 Å². The molecule has 0 radical (unpaired) electrons. The Balaban J connectivity index is 3.28. The van der Waals surface area contributed by atoms with Crippen LogP contribution in [0.2, 0.25) is 0 Å². The highest BCUT2D eigenvalue weighted by atomic mass is 19.4. The van der Waals surface area contributed by atoms with Crippen LogP contribution in [0.15, 0.2) is 18.2 Å². The van der Waals surface area contributed by atoms with Gasteiger partial charge in [-0.15, -0.1) is 0 Å². The summed E-state index contributed by atoms with van der Waals surface area (Å²) in [6.07, 6.45) is -4.35. The molecule has 0 saturated carbocycles. The van der Waals surface area contributed by atoms with Gasteiger partial charge < -0.3 is 4.79 Å². The molecule has 0 aliphatic heterocycles. The largest absolute Gasteiger partial charge is 0.416 e. The van der Waals surface area contributed by atoms with E-state index in [4.69, 9.17) is 0 Å². The van der Waals surface area contributed by atoms with Crippen LogP contribution in [-0.2, 0) is 11.0 Å². The predicted octanol–water partition coefficient (Wildman–Crippen LogP) is 2.55. The molecule has 0 aliphatic carbocycles. The first-order chi connectivity index (χ1) is 8.34. The van der Waals surface area contributed by atoms with Crippen LogP contribution in [-0.4, -0.2) is 11.2 Å². The molecule has 1 aromatic carbocycles. The molecule has 7 heteroatoms. The van der Waals surface area contributed by atoms with Gasteiger partial charge in [0, 0.05) is 17.7 Å². The Morgan fingerprint density at radius 3 is 2.50 bits per heavy atom. The third-order valence-electron chi connectivity index (χ3n) is 1.87.